The third-order valence-electron chi connectivity index (χ3n) is 5.06. The molecule has 2 aromatic carbocycles. The minimum absolute atomic E-state index is 0.0948. The molecular weight excluding hydrogens is 430 g/mol. The van der Waals surface area contributed by atoms with Crippen molar-refractivity contribution in [2.45, 2.75) is 25.3 Å². The number of nitrogens with one attached hydrogen (secondary N) is 1. The van der Waals surface area contributed by atoms with Gasteiger partial charge >= 0.3 is 11.9 Å². The number of ether oxygens (including phenoxy) is 1. The number of aliphatic carboxylic acids is 1. The van der Waals surface area contributed by atoms with Crippen LogP contribution < -0.4 is 5.32 Å². The van der Waals surface area contributed by atoms with Crippen LogP contribution in [0.25, 0.3) is 10.9 Å². The molecule has 10 nitrogen and oxygen atoms in total. The van der Waals surface area contributed by atoms with Crippen LogP contribution in [0, 0.1) is 10.1 Å². The zero-order chi connectivity index (χ0) is 24.0. The van der Waals surface area contributed by atoms with Crippen LogP contribution in [-0.4, -0.2) is 45.5 Å². The number of benzene rings is 2. The second-order valence-corrected chi connectivity index (χ2v) is 7.13. The fourth-order valence-electron chi connectivity index (χ4n) is 3.51. The smallest absolute Gasteiger partial charge is 0.326 e. The second-order valence-electron chi connectivity index (χ2n) is 7.13. The highest BCUT2D eigenvalue weighted by Crippen LogP contribution is 2.27. The Morgan fingerprint density at radius 1 is 1.12 bits per heavy atom. The number of carboxylic acid groups (broad SMARTS) is 1. The number of non-ortho nitro benzene ring substituents is 1. The van der Waals surface area contributed by atoms with Gasteiger partial charge in [-0.25, -0.2) is 4.79 Å². The van der Waals surface area contributed by atoms with E-state index >= 15 is 0 Å². The first-order chi connectivity index (χ1) is 15.8. The quantitative estimate of drug-likeness (QED) is 0.286. The zero-order valence-electron chi connectivity index (χ0n) is 17.6. The summed E-state index contributed by atoms with van der Waals surface area (Å²) in [4.78, 5) is 52.0. The summed E-state index contributed by atoms with van der Waals surface area (Å²) < 4.78 is 4.97. The third kappa shape index (κ3) is 5.48. The highest BCUT2D eigenvalue weighted by molar-refractivity contribution is 6.06. The number of nitro groups is 1. The summed E-state index contributed by atoms with van der Waals surface area (Å²) in [5.41, 5.74) is 0.723. The largest absolute Gasteiger partial charge is 0.480 e. The molecule has 1 aromatic heterocycles. The van der Waals surface area contributed by atoms with Crippen molar-refractivity contribution in [3.05, 3.63) is 82.0 Å². The van der Waals surface area contributed by atoms with Crippen LogP contribution in [0.5, 0.6) is 0 Å². The molecule has 2 N–H and O–H groups in total. The fraction of sp³-hybridized carbons (Fsp3) is 0.217. The number of pyridine rings is 1. The molecule has 2 atom stereocenters. The van der Waals surface area contributed by atoms with Crippen molar-refractivity contribution in [2.24, 2.45) is 0 Å². The summed E-state index contributed by atoms with van der Waals surface area (Å²) in [5.74, 6) is -3.74. The maximum Gasteiger partial charge on any atom is 0.326 e. The van der Waals surface area contributed by atoms with Crippen molar-refractivity contribution >= 4 is 34.4 Å². The Hall–Kier alpha value is -4.34. The van der Waals surface area contributed by atoms with E-state index in [1.165, 1.54) is 36.5 Å². The number of fused-ring (bicyclic) bond motifs is 1. The molecule has 170 valence electrons. The Bertz CT molecular complexity index is 1190. The predicted octanol–water partition coefficient (Wildman–Crippen LogP) is 3.06. The van der Waals surface area contributed by atoms with E-state index in [4.69, 9.17) is 4.74 Å². The number of nitro benzene ring substituents is 1. The number of hydrogen-bond donors (Lipinski definition) is 2. The Morgan fingerprint density at radius 2 is 1.82 bits per heavy atom. The molecule has 0 radical (unpaired) electrons. The minimum atomic E-state index is -1.51. The van der Waals surface area contributed by atoms with Crippen LogP contribution >= 0.6 is 0 Å². The highest BCUT2D eigenvalue weighted by Gasteiger charge is 2.34. The summed E-state index contributed by atoms with van der Waals surface area (Å²) >= 11 is 0. The first kappa shape index (κ1) is 23.3. The number of amides is 1. The summed E-state index contributed by atoms with van der Waals surface area (Å²) in [5, 5.41) is 24.1. The van der Waals surface area contributed by atoms with Crippen molar-refractivity contribution in [1.29, 1.82) is 0 Å². The van der Waals surface area contributed by atoms with Gasteiger partial charge in [-0.05, 0) is 24.6 Å². The lowest BCUT2D eigenvalue weighted by molar-refractivity contribution is -0.384. The molecule has 0 saturated heterocycles. The van der Waals surface area contributed by atoms with Gasteiger partial charge in [-0.2, -0.15) is 0 Å². The van der Waals surface area contributed by atoms with E-state index in [1.807, 2.05) is 0 Å². The molecule has 0 aliphatic rings. The molecule has 0 aliphatic heterocycles. The number of para-hydroxylation sites is 1. The van der Waals surface area contributed by atoms with Crippen molar-refractivity contribution in [3.63, 3.8) is 0 Å². The van der Waals surface area contributed by atoms with E-state index in [2.05, 4.69) is 10.3 Å². The molecule has 0 bridgehead atoms. The summed E-state index contributed by atoms with van der Waals surface area (Å²) in [7, 11) is 0. The number of hydrogen-bond acceptors (Lipinski definition) is 7. The van der Waals surface area contributed by atoms with Gasteiger partial charge in [0.2, 0.25) is 0 Å². The molecular formula is C23H21N3O7. The zero-order valence-corrected chi connectivity index (χ0v) is 17.6. The van der Waals surface area contributed by atoms with Crippen LogP contribution in [0.2, 0.25) is 0 Å². The van der Waals surface area contributed by atoms with Gasteiger partial charge in [-0.15, -0.1) is 0 Å². The first-order valence-corrected chi connectivity index (χ1v) is 10.1. The first-order valence-electron chi connectivity index (χ1n) is 10.1. The van der Waals surface area contributed by atoms with E-state index in [1.54, 1.807) is 31.2 Å². The van der Waals surface area contributed by atoms with Crippen molar-refractivity contribution in [1.82, 2.24) is 10.3 Å². The van der Waals surface area contributed by atoms with Crippen LogP contribution in [-0.2, 0) is 14.3 Å². The van der Waals surface area contributed by atoms with Crippen LogP contribution in [0.3, 0.4) is 0 Å². The van der Waals surface area contributed by atoms with E-state index in [-0.39, 0.29) is 24.3 Å². The lowest BCUT2D eigenvalue weighted by atomic mass is 9.88. The molecule has 0 unspecified atom stereocenters. The SMILES string of the molecule is CCOC(=O)C[C@H](c1ccc([N+](=O)[O-])cc1)[C@H](NC(=O)c1cccc2cccnc12)C(=O)O. The van der Waals surface area contributed by atoms with E-state index in [0.717, 1.165) is 0 Å². The number of carboxylic acids is 1. The average Bonchev–Trinajstić information content (AvgIpc) is 2.80. The number of esters is 1. The number of carbonyl (C=O) groups is 3. The molecule has 1 heterocycles. The molecule has 33 heavy (non-hydrogen) atoms. The number of rotatable bonds is 9. The molecule has 3 aromatic rings. The average molecular weight is 451 g/mol. The van der Waals surface area contributed by atoms with Gasteiger partial charge in [-0.3, -0.25) is 24.7 Å². The van der Waals surface area contributed by atoms with Gasteiger partial charge in [0.1, 0.15) is 6.04 Å². The van der Waals surface area contributed by atoms with Crippen molar-refractivity contribution in [3.8, 4) is 0 Å². The van der Waals surface area contributed by atoms with Gasteiger partial charge < -0.3 is 15.2 Å². The molecule has 0 saturated carbocycles. The van der Waals surface area contributed by atoms with Gasteiger partial charge in [-0.1, -0.05) is 30.3 Å². The Labute approximate surface area is 188 Å². The molecule has 1 amide bonds. The van der Waals surface area contributed by atoms with Gasteiger partial charge in [0, 0.05) is 29.6 Å². The van der Waals surface area contributed by atoms with Crippen molar-refractivity contribution < 1.29 is 29.2 Å². The molecule has 0 aliphatic carbocycles. The third-order valence-corrected chi connectivity index (χ3v) is 5.06. The van der Waals surface area contributed by atoms with Crippen molar-refractivity contribution in [2.75, 3.05) is 6.61 Å². The second kappa shape index (κ2) is 10.3. The molecule has 10 heteroatoms. The molecule has 3 rings (SSSR count). The lowest BCUT2D eigenvalue weighted by Gasteiger charge is -2.25. The number of nitrogens with zero attached hydrogens (tertiary/aromatic N) is 2. The number of aromatic nitrogens is 1. The lowest BCUT2D eigenvalue weighted by Crippen LogP contribution is -2.45. The van der Waals surface area contributed by atoms with Crippen LogP contribution in [0.15, 0.2) is 60.8 Å². The molecule has 0 spiro atoms. The van der Waals surface area contributed by atoms with Crippen LogP contribution in [0.4, 0.5) is 5.69 Å². The summed E-state index contributed by atoms with van der Waals surface area (Å²) in [6.07, 6.45) is 1.17. The Morgan fingerprint density at radius 3 is 2.45 bits per heavy atom. The Balaban J connectivity index is 1.97. The fourth-order valence-corrected chi connectivity index (χ4v) is 3.51. The van der Waals surface area contributed by atoms with E-state index < -0.39 is 34.7 Å². The molecule has 0 fully saturated rings. The maximum absolute atomic E-state index is 13.0. The van der Waals surface area contributed by atoms with Gasteiger partial charge in [0.05, 0.1) is 29.0 Å². The minimum Gasteiger partial charge on any atom is -0.480 e. The highest BCUT2D eigenvalue weighted by atomic mass is 16.6. The van der Waals surface area contributed by atoms with E-state index in [9.17, 15) is 29.6 Å². The van der Waals surface area contributed by atoms with E-state index in [0.29, 0.717) is 16.5 Å². The summed E-state index contributed by atoms with van der Waals surface area (Å²) in [6, 6.07) is 12.1. The number of carbonyl (C=O) groups excluding carboxylic acids is 2. The van der Waals surface area contributed by atoms with Crippen LogP contribution in [0.1, 0.15) is 35.2 Å². The monoisotopic (exact) mass is 451 g/mol. The summed E-state index contributed by atoms with van der Waals surface area (Å²) in [6.45, 7) is 1.71. The predicted molar refractivity (Wildman–Crippen MR) is 118 cm³/mol. The normalized spacial score (nSPS) is 12.5. The van der Waals surface area contributed by atoms with Gasteiger partial charge in [0.25, 0.3) is 11.6 Å². The van der Waals surface area contributed by atoms with Gasteiger partial charge in [0.15, 0.2) is 0 Å². The topological polar surface area (TPSA) is 149 Å². The Kier molecular flexibility index (Phi) is 7.29. The maximum atomic E-state index is 13.0. The standard InChI is InChI=1S/C23H21N3O7/c1-2-33-19(27)13-18(14-8-10-16(11-9-14)26(31)32)21(23(29)30)25-22(28)17-7-3-5-15-6-4-12-24-20(15)17/h3-12,18,21H,2,13H2,1H3,(H,25,28)(H,29,30)/t18-,21+/m1/s1.